The number of nitriles is 1. The van der Waals surface area contributed by atoms with Crippen molar-refractivity contribution in [1.29, 1.82) is 5.26 Å². The Morgan fingerprint density at radius 1 is 1.00 bits per heavy atom. The molecule has 0 N–H and O–H groups in total. The summed E-state index contributed by atoms with van der Waals surface area (Å²) in [6.45, 7) is 1.62. The zero-order chi connectivity index (χ0) is 15.1. The summed E-state index contributed by atoms with van der Waals surface area (Å²) in [5.41, 5.74) is 1.82. The largest absolute Gasteiger partial charge is 0.489 e. The Morgan fingerprint density at radius 2 is 1.52 bits per heavy atom. The van der Waals surface area contributed by atoms with Crippen LogP contribution in [0.15, 0.2) is 66.4 Å². The van der Waals surface area contributed by atoms with Gasteiger partial charge in [-0.15, -0.1) is 0 Å². The second-order valence-corrected chi connectivity index (χ2v) is 4.49. The molecule has 0 radical (unpaired) electrons. The maximum Gasteiger partial charge on any atom is 0.200 e. The average Bonchev–Trinajstić information content (AvgIpc) is 2.55. The number of ketones is 1. The zero-order valence-electron chi connectivity index (χ0n) is 11.7. The van der Waals surface area contributed by atoms with Gasteiger partial charge in [-0.05, 0) is 12.5 Å². The van der Waals surface area contributed by atoms with Crippen LogP contribution in [0, 0.1) is 11.3 Å². The molecule has 2 rings (SSSR count). The summed E-state index contributed by atoms with van der Waals surface area (Å²) in [6.07, 6.45) is 0. The van der Waals surface area contributed by atoms with Gasteiger partial charge in [-0.3, -0.25) is 4.79 Å². The van der Waals surface area contributed by atoms with Crippen molar-refractivity contribution in [3.05, 3.63) is 77.5 Å². The van der Waals surface area contributed by atoms with Gasteiger partial charge in [0.1, 0.15) is 11.8 Å². The van der Waals surface area contributed by atoms with Gasteiger partial charge < -0.3 is 4.74 Å². The van der Waals surface area contributed by atoms with Crippen molar-refractivity contribution in [1.82, 2.24) is 0 Å². The van der Waals surface area contributed by atoms with Gasteiger partial charge in [0.05, 0.1) is 5.57 Å². The minimum absolute atomic E-state index is 0.0755. The molecule has 0 aliphatic heterocycles. The Labute approximate surface area is 124 Å². The van der Waals surface area contributed by atoms with Crippen molar-refractivity contribution < 1.29 is 9.53 Å². The lowest BCUT2D eigenvalue weighted by Crippen LogP contribution is -2.08. The number of hydrogen-bond acceptors (Lipinski definition) is 3. The number of allylic oxidation sites excluding steroid dienone is 2. The monoisotopic (exact) mass is 277 g/mol. The number of ether oxygens (including phenoxy) is 1. The van der Waals surface area contributed by atoms with E-state index in [2.05, 4.69) is 6.07 Å². The van der Waals surface area contributed by atoms with Gasteiger partial charge in [-0.2, -0.15) is 5.26 Å². The third kappa shape index (κ3) is 3.80. The molecule has 0 fully saturated rings. The van der Waals surface area contributed by atoms with Gasteiger partial charge in [-0.1, -0.05) is 60.7 Å². The summed E-state index contributed by atoms with van der Waals surface area (Å²) in [6, 6.07) is 20.3. The summed E-state index contributed by atoms with van der Waals surface area (Å²) in [5, 5.41) is 9.26. The van der Waals surface area contributed by atoms with Crippen molar-refractivity contribution in [3.63, 3.8) is 0 Å². The Kier molecular flexibility index (Phi) is 4.89. The highest BCUT2D eigenvalue weighted by atomic mass is 16.5. The van der Waals surface area contributed by atoms with E-state index in [0.29, 0.717) is 16.9 Å². The molecule has 0 saturated heterocycles. The average molecular weight is 277 g/mol. The van der Waals surface area contributed by atoms with Crippen molar-refractivity contribution in [2.24, 2.45) is 0 Å². The van der Waals surface area contributed by atoms with Crippen molar-refractivity contribution in [2.45, 2.75) is 6.92 Å². The molecule has 3 nitrogen and oxygen atoms in total. The van der Waals surface area contributed by atoms with E-state index in [1.54, 1.807) is 31.2 Å². The third-order valence-electron chi connectivity index (χ3n) is 3.04. The maximum atomic E-state index is 12.0. The minimum Gasteiger partial charge on any atom is -0.489 e. The van der Waals surface area contributed by atoms with E-state index in [-0.39, 0.29) is 12.4 Å². The lowest BCUT2D eigenvalue weighted by molar-refractivity contribution is 0.0865. The molecule has 0 aliphatic carbocycles. The van der Waals surface area contributed by atoms with Crippen LogP contribution in [0.4, 0.5) is 0 Å². The predicted molar refractivity (Wildman–Crippen MR) is 81.4 cm³/mol. The minimum atomic E-state index is -0.111. The number of carbonyl (C=O) groups is 1. The summed E-state index contributed by atoms with van der Waals surface area (Å²) >= 11 is 0. The molecule has 2 aromatic carbocycles. The Morgan fingerprint density at radius 3 is 2.05 bits per heavy atom. The second kappa shape index (κ2) is 7.06. The van der Waals surface area contributed by atoms with Crippen LogP contribution in [-0.4, -0.2) is 12.4 Å². The Balaban J connectivity index is 2.10. The van der Waals surface area contributed by atoms with Crippen LogP contribution in [-0.2, 0) is 4.74 Å². The van der Waals surface area contributed by atoms with Crippen LogP contribution < -0.4 is 0 Å². The van der Waals surface area contributed by atoms with Crippen molar-refractivity contribution >= 4 is 11.4 Å². The quantitative estimate of drug-likeness (QED) is 0.474. The van der Waals surface area contributed by atoms with Gasteiger partial charge in [0.15, 0.2) is 12.4 Å². The zero-order valence-corrected chi connectivity index (χ0v) is 11.7. The SMILES string of the molecule is CC(OCC(=O)c1ccccc1)=C(C#N)c1ccccc1. The van der Waals surface area contributed by atoms with Crippen molar-refractivity contribution in [2.75, 3.05) is 6.61 Å². The standard InChI is InChI=1S/C18H15NO2/c1-14(17(12-19)15-8-4-2-5-9-15)21-13-18(20)16-10-6-3-7-11-16/h2-11H,13H2,1H3. The normalized spacial score (nSPS) is 11.2. The first-order valence-electron chi connectivity index (χ1n) is 6.60. The highest BCUT2D eigenvalue weighted by molar-refractivity contribution is 5.97. The summed E-state index contributed by atoms with van der Waals surface area (Å²) in [7, 11) is 0. The van der Waals surface area contributed by atoms with Gasteiger partial charge in [0.2, 0.25) is 0 Å². The summed E-state index contributed by atoms with van der Waals surface area (Å²) in [5.74, 6) is 0.341. The van der Waals surface area contributed by atoms with E-state index in [9.17, 15) is 10.1 Å². The summed E-state index contributed by atoms with van der Waals surface area (Å²) in [4.78, 5) is 12.0. The molecule has 2 aromatic rings. The van der Waals surface area contributed by atoms with Crippen LogP contribution in [0.3, 0.4) is 0 Å². The molecule has 0 amide bonds. The maximum absolute atomic E-state index is 12.0. The van der Waals surface area contributed by atoms with Gasteiger partial charge in [0, 0.05) is 5.56 Å². The molecule has 21 heavy (non-hydrogen) atoms. The number of rotatable bonds is 5. The fourth-order valence-electron chi connectivity index (χ4n) is 1.90. The molecule has 104 valence electrons. The molecule has 0 aliphatic rings. The number of hydrogen-bond donors (Lipinski definition) is 0. The van der Waals surface area contributed by atoms with Gasteiger partial charge >= 0.3 is 0 Å². The highest BCUT2D eigenvalue weighted by Crippen LogP contribution is 2.18. The highest BCUT2D eigenvalue weighted by Gasteiger charge is 2.10. The molecular weight excluding hydrogens is 262 g/mol. The van der Waals surface area contributed by atoms with Crippen LogP contribution >= 0.6 is 0 Å². The van der Waals surface area contributed by atoms with E-state index < -0.39 is 0 Å². The number of benzene rings is 2. The van der Waals surface area contributed by atoms with Gasteiger partial charge in [0.25, 0.3) is 0 Å². The van der Waals surface area contributed by atoms with E-state index in [4.69, 9.17) is 4.74 Å². The first-order chi connectivity index (χ1) is 10.2. The molecule has 0 bridgehead atoms. The molecule has 0 heterocycles. The Hall–Kier alpha value is -2.86. The van der Waals surface area contributed by atoms with Crippen LogP contribution in [0.5, 0.6) is 0 Å². The Bertz CT molecular complexity index is 682. The fraction of sp³-hybridized carbons (Fsp3) is 0.111. The summed E-state index contributed by atoms with van der Waals surface area (Å²) < 4.78 is 5.47. The lowest BCUT2D eigenvalue weighted by Gasteiger charge is -2.08. The van der Waals surface area contributed by atoms with E-state index in [1.807, 2.05) is 36.4 Å². The third-order valence-corrected chi connectivity index (χ3v) is 3.04. The first kappa shape index (κ1) is 14.5. The van der Waals surface area contributed by atoms with E-state index in [0.717, 1.165) is 5.56 Å². The van der Waals surface area contributed by atoms with Gasteiger partial charge in [-0.25, -0.2) is 0 Å². The fourth-order valence-corrected chi connectivity index (χ4v) is 1.90. The molecule has 0 spiro atoms. The predicted octanol–water partition coefficient (Wildman–Crippen LogP) is 3.84. The molecule has 0 saturated carbocycles. The number of nitrogens with zero attached hydrogens (tertiary/aromatic N) is 1. The number of carbonyl (C=O) groups excluding carboxylic acids is 1. The molecule has 3 heteroatoms. The van der Waals surface area contributed by atoms with Crippen LogP contribution in [0.1, 0.15) is 22.8 Å². The van der Waals surface area contributed by atoms with Crippen LogP contribution in [0.25, 0.3) is 5.57 Å². The first-order valence-corrected chi connectivity index (χ1v) is 6.60. The van der Waals surface area contributed by atoms with E-state index >= 15 is 0 Å². The second-order valence-electron chi connectivity index (χ2n) is 4.49. The van der Waals surface area contributed by atoms with E-state index in [1.165, 1.54) is 0 Å². The molecule has 0 aromatic heterocycles. The number of Topliss-reactive ketones (excluding diaryl/α,β-unsaturated/α-hetero) is 1. The lowest BCUT2D eigenvalue weighted by atomic mass is 10.1. The molecule has 0 atom stereocenters. The van der Waals surface area contributed by atoms with Crippen LogP contribution in [0.2, 0.25) is 0 Å². The topological polar surface area (TPSA) is 50.1 Å². The molecular formula is C18H15NO2. The molecule has 0 unspecified atom stereocenters. The smallest absolute Gasteiger partial charge is 0.200 e. The van der Waals surface area contributed by atoms with Crippen molar-refractivity contribution in [3.8, 4) is 6.07 Å².